The molecule has 5 nitrogen and oxygen atoms in total. The molecule has 0 aliphatic carbocycles. The standard InChI is InChI=1S/C16H16BrNO4S/c1-10-4-6-14(11(2)8-10)18-23(20,21)15-7-5-12(17)9-13(15)16(19)22-3/h4-9,18H,1-3H3. The average Bonchev–Trinajstić information content (AvgIpc) is 2.49. The van der Waals surface area contributed by atoms with Crippen LogP contribution >= 0.6 is 15.9 Å². The fourth-order valence-corrected chi connectivity index (χ4v) is 3.80. The maximum atomic E-state index is 12.7. The summed E-state index contributed by atoms with van der Waals surface area (Å²) in [5.41, 5.74) is 2.27. The number of benzene rings is 2. The van der Waals surface area contributed by atoms with Crippen molar-refractivity contribution in [2.45, 2.75) is 18.7 Å². The number of sulfonamides is 1. The third-order valence-electron chi connectivity index (χ3n) is 3.26. The molecule has 2 aromatic rings. The lowest BCUT2D eigenvalue weighted by molar-refractivity contribution is 0.0596. The van der Waals surface area contributed by atoms with E-state index in [0.29, 0.717) is 10.2 Å². The van der Waals surface area contributed by atoms with Gasteiger partial charge in [0, 0.05) is 4.47 Å². The van der Waals surface area contributed by atoms with Crippen LogP contribution in [0.25, 0.3) is 0 Å². The minimum atomic E-state index is -3.92. The third kappa shape index (κ3) is 3.92. The van der Waals surface area contributed by atoms with Crippen LogP contribution in [0.4, 0.5) is 5.69 Å². The Bertz CT molecular complexity index is 862. The average molecular weight is 398 g/mol. The topological polar surface area (TPSA) is 72.5 Å². The smallest absolute Gasteiger partial charge is 0.339 e. The molecule has 0 spiro atoms. The maximum absolute atomic E-state index is 12.7. The lowest BCUT2D eigenvalue weighted by Gasteiger charge is -2.13. The first-order valence-corrected chi connectivity index (χ1v) is 9.00. The minimum Gasteiger partial charge on any atom is -0.465 e. The van der Waals surface area contributed by atoms with Gasteiger partial charge in [0.2, 0.25) is 0 Å². The van der Waals surface area contributed by atoms with Crippen molar-refractivity contribution in [3.8, 4) is 0 Å². The monoisotopic (exact) mass is 397 g/mol. The van der Waals surface area contributed by atoms with Gasteiger partial charge in [-0.15, -0.1) is 0 Å². The molecule has 0 saturated heterocycles. The van der Waals surface area contributed by atoms with Gasteiger partial charge in [0.15, 0.2) is 0 Å². The second-order valence-electron chi connectivity index (χ2n) is 5.06. The van der Waals surface area contributed by atoms with Crippen LogP contribution in [0.5, 0.6) is 0 Å². The highest BCUT2D eigenvalue weighted by atomic mass is 79.9. The minimum absolute atomic E-state index is 0.0286. The summed E-state index contributed by atoms with van der Waals surface area (Å²) in [4.78, 5) is 11.7. The molecule has 1 N–H and O–H groups in total. The van der Waals surface area contributed by atoms with Crippen LogP contribution in [-0.4, -0.2) is 21.5 Å². The number of esters is 1. The molecular weight excluding hydrogens is 382 g/mol. The van der Waals surface area contributed by atoms with Crippen molar-refractivity contribution >= 4 is 37.6 Å². The summed E-state index contributed by atoms with van der Waals surface area (Å²) in [7, 11) is -2.72. The first-order chi connectivity index (χ1) is 10.7. The van der Waals surface area contributed by atoms with Crippen LogP contribution in [-0.2, 0) is 14.8 Å². The van der Waals surface area contributed by atoms with E-state index in [-0.39, 0.29) is 10.5 Å². The molecule has 7 heteroatoms. The molecule has 0 aliphatic heterocycles. The van der Waals surface area contributed by atoms with E-state index in [0.717, 1.165) is 11.1 Å². The van der Waals surface area contributed by atoms with Crippen molar-refractivity contribution < 1.29 is 17.9 Å². The van der Waals surface area contributed by atoms with Gasteiger partial charge in [-0.2, -0.15) is 0 Å². The molecule has 2 rings (SSSR count). The van der Waals surface area contributed by atoms with Gasteiger partial charge in [0.25, 0.3) is 10.0 Å². The summed E-state index contributed by atoms with van der Waals surface area (Å²) in [5, 5.41) is 0. The van der Waals surface area contributed by atoms with Crippen LogP contribution in [0.1, 0.15) is 21.5 Å². The lowest BCUT2D eigenvalue weighted by Crippen LogP contribution is -2.18. The summed E-state index contributed by atoms with van der Waals surface area (Å²) >= 11 is 3.22. The molecule has 23 heavy (non-hydrogen) atoms. The zero-order valence-corrected chi connectivity index (χ0v) is 15.3. The SMILES string of the molecule is COC(=O)c1cc(Br)ccc1S(=O)(=O)Nc1ccc(C)cc1C. The highest BCUT2D eigenvalue weighted by Gasteiger charge is 2.24. The van der Waals surface area contributed by atoms with Crippen LogP contribution in [0.3, 0.4) is 0 Å². The van der Waals surface area contributed by atoms with Gasteiger partial charge in [-0.25, -0.2) is 13.2 Å². The van der Waals surface area contributed by atoms with E-state index >= 15 is 0 Å². The molecule has 0 unspecified atom stereocenters. The number of methoxy groups -OCH3 is 1. The van der Waals surface area contributed by atoms with Gasteiger partial charge < -0.3 is 4.74 Å². The molecule has 0 aromatic heterocycles. The predicted molar refractivity (Wildman–Crippen MR) is 92.2 cm³/mol. The Morgan fingerprint density at radius 3 is 2.43 bits per heavy atom. The molecule has 2 aromatic carbocycles. The van der Waals surface area contributed by atoms with E-state index in [2.05, 4.69) is 25.4 Å². The molecule has 0 radical (unpaired) electrons. The second kappa shape index (κ2) is 6.72. The molecule has 122 valence electrons. The fraction of sp³-hybridized carbons (Fsp3) is 0.188. The van der Waals surface area contributed by atoms with Crippen molar-refractivity contribution in [3.63, 3.8) is 0 Å². The van der Waals surface area contributed by atoms with E-state index in [1.165, 1.54) is 19.2 Å². The zero-order chi connectivity index (χ0) is 17.2. The largest absolute Gasteiger partial charge is 0.465 e. The highest BCUT2D eigenvalue weighted by Crippen LogP contribution is 2.25. The summed E-state index contributed by atoms with van der Waals surface area (Å²) in [6.45, 7) is 3.74. The Hall–Kier alpha value is -1.86. The van der Waals surface area contributed by atoms with Gasteiger partial charge in [0.1, 0.15) is 4.90 Å². The number of carbonyl (C=O) groups excluding carboxylic acids is 1. The normalized spacial score (nSPS) is 11.1. The first-order valence-electron chi connectivity index (χ1n) is 6.72. The Morgan fingerprint density at radius 1 is 1.13 bits per heavy atom. The van der Waals surface area contributed by atoms with Crippen molar-refractivity contribution in [3.05, 3.63) is 57.6 Å². The van der Waals surface area contributed by atoms with Gasteiger partial charge in [-0.3, -0.25) is 4.72 Å². The molecule has 0 fully saturated rings. The number of hydrogen-bond acceptors (Lipinski definition) is 4. The summed E-state index contributed by atoms with van der Waals surface area (Å²) in [5.74, 6) is -0.715. The van der Waals surface area contributed by atoms with Gasteiger partial charge in [-0.1, -0.05) is 33.6 Å². The van der Waals surface area contributed by atoms with E-state index in [1.54, 1.807) is 12.1 Å². The quantitative estimate of drug-likeness (QED) is 0.798. The third-order valence-corrected chi connectivity index (χ3v) is 5.18. The summed E-state index contributed by atoms with van der Waals surface area (Å²) < 4.78 is 33.1. The summed E-state index contributed by atoms with van der Waals surface area (Å²) in [6, 6.07) is 9.72. The van der Waals surface area contributed by atoms with Gasteiger partial charge in [-0.05, 0) is 43.7 Å². The Morgan fingerprint density at radius 2 is 1.83 bits per heavy atom. The second-order valence-corrected chi connectivity index (χ2v) is 7.62. The van der Waals surface area contributed by atoms with Crippen molar-refractivity contribution in [1.82, 2.24) is 0 Å². The van der Waals surface area contributed by atoms with Crippen LogP contribution in [0, 0.1) is 13.8 Å². The Labute approximate surface area is 143 Å². The molecule has 0 aliphatic rings. The zero-order valence-electron chi connectivity index (χ0n) is 12.9. The predicted octanol–water partition coefficient (Wildman–Crippen LogP) is 3.65. The number of carbonyl (C=O) groups is 1. The Balaban J connectivity index is 2.50. The molecular formula is C16H16BrNO4S. The molecule has 0 heterocycles. The number of hydrogen-bond donors (Lipinski definition) is 1. The van der Waals surface area contributed by atoms with Crippen molar-refractivity contribution in [1.29, 1.82) is 0 Å². The number of nitrogens with one attached hydrogen (secondary N) is 1. The molecule has 0 atom stereocenters. The van der Waals surface area contributed by atoms with Gasteiger partial charge >= 0.3 is 5.97 Å². The van der Waals surface area contributed by atoms with Crippen molar-refractivity contribution in [2.75, 3.05) is 11.8 Å². The molecule has 0 saturated carbocycles. The summed E-state index contributed by atoms with van der Waals surface area (Å²) in [6.07, 6.45) is 0. The number of anilines is 1. The number of ether oxygens (including phenoxy) is 1. The van der Waals surface area contributed by atoms with E-state index in [1.807, 2.05) is 26.0 Å². The fourth-order valence-electron chi connectivity index (χ4n) is 2.13. The number of rotatable bonds is 4. The number of aryl methyl sites for hydroxylation is 2. The first kappa shape index (κ1) is 17.5. The highest BCUT2D eigenvalue weighted by molar-refractivity contribution is 9.10. The Kier molecular flexibility index (Phi) is 5.11. The maximum Gasteiger partial charge on any atom is 0.339 e. The van der Waals surface area contributed by atoms with Crippen LogP contribution in [0.2, 0.25) is 0 Å². The van der Waals surface area contributed by atoms with Gasteiger partial charge in [0.05, 0.1) is 18.4 Å². The van der Waals surface area contributed by atoms with Crippen LogP contribution < -0.4 is 4.72 Å². The van der Waals surface area contributed by atoms with E-state index < -0.39 is 16.0 Å². The van der Waals surface area contributed by atoms with Crippen molar-refractivity contribution in [2.24, 2.45) is 0 Å². The van der Waals surface area contributed by atoms with E-state index in [4.69, 9.17) is 0 Å². The molecule has 0 amide bonds. The van der Waals surface area contributed by atoms with Crippen LogP contribution in [0.15, 0.2) is 45.8 Å². The lowest BCUT2D eigenvalue weighted by atomic mass is 10.1. The molecule has 0 bridgehead atoms. The number of halogens is 1. The van der Waals surface area contributed by atoms with E-state index in [9.17, 15) is 13.2 Å².